The molecule has 4 aromatic carbocycles. The van der Waals surface area contributed by atoms with Gasteiger partial charge in [0.1, 0.15) is 18.1 Å². The Hall–Kier alpha value is -6.95. The monoisotopic (exact) mass is 1120 g/mol. The van der Waals surface area contributed by atoms with Gasteiger partial charge in [-0.25, -0.2) is 0 Å². The summed E-state index contributed by atoms with van der Waals surface area (Å²) < 4.78 is 0. The van der Waals surface area contributed by atoms with Crippen LogP contribution in [0.5, 0.6) is 0 Å². The molecule has 0 radical (unpaired) electrons. The molecule has 1 saturated carbocycles. The molecule has 0 spiro atoms. The number of hydrogen-bond donors (Lipinski definition) is 6. The number of benzene rings is 4. The molecule has 7 amide bonds. The van der Waals surface area contributed by atoms with E-state index < -0.39 is 23.5 Å². The number of amides is 7. The largest absolute Gasteiger partial charge is 0.347 e. The number of carbonyl (C=O) groups excluding carboxylic acids is 7. The number of carbonyl (C=O) groups is 7. The Labute approximate surface area is 485 Å². The summed E-state index contributed by atoms with van der Waals surface area (Å²) in [6, 6.07) is 27.9. The molecule has 17 nitrogen and oxygen atoms in total. The van der Waals surface area contributed by atoms with Crippen molar-refractivity contribution in [3.63, 3.8) is 0 Å². The van der Waals surface area contributed by atoms with Gasteiger partial charge in [0, 0.05) is 55.4 Å². The molecule has 0 bridgehead atoms. The molecule has 440 valence electrons. The first kappa shape index (κ1) is 61.1. The summed E-state index contributed by atoms with van der Waals surface area (Å²) in [7, 11) is 3.68. The van der Waals surface area contributed by atoms with Crippen LogP contribution in [0.1, 0.15) is 142 Å². The van der Waals surface area contributed by atoms with Crippen LogP contribution in [0.3, 0.4) is 0 Å². The zero-order chi connectivity index (χ0) is 58.9. The lowest BCUT2D eigenvalue weighted by molar-refractivity contribution is -0.148. The quantitative estimate of drug-likeness (QED) is 0.0703. The normalized spacial score (nSPS) is 21.0. The highest BCUT2D eigenvalue weighted by Gasteiger charge is 2.45. The van der Waals surface area contributed by atoms with Crippen LogP contribution in [0.25, 0.3) is 11.1 Å². The Morgan fingerprint density at radius 3 is 1.57 bits per heavy atom. The van der Waals surface area contributed by atoms with Gasteiger partial charge >= 0.3 is 0 Å². The zero-order valence-electron chi connectivity index (χ0n) is 49.7. The predicted octanol–water partition coefficient (Wildman–Crippen LogP) is 6.19. The van der Waals surface area contributed by atoms with Gasteiger partial charge in [-0.3, -0.25) is 33.6 Å². The maximum Gasteiger partial charge on any atom is 0.253 e. The first-order valence-corrected chi connectivity index (χ1v) is 29.6. The highest BCUT2D eigenvalue weighted by atomic mass is 16.2. The van der Waals surface area contributed by atoms with Crippen LogP contribution in [0.15, 0.2) is 97.1 Å². The molecule has 9 rings (SSSR count). The SMILES string of the molecule is CNCC(=O)NC(C(=O)N1CCN(C(=O)c2ccc(-c3ccc(C(=O)N4CCN(C=O)C(C(=O)NC5CCCc6ccccc65)C4)cc3)cc2)CC1C(=O)NC1CCCc2ccccc21)C(C)(C)C.CNCC1(NC(C)C(C)(C)C)CC1. The molecule has 2 heterocycles. The van der Waals surface area contributed by atoms with E-state index in [-0.39, 0.29) is 86.8 Å². The lowest BCUT2D eigenvalue weighted by Crippen LogP contribution is -2.66. The van der Waals surface area contributed by atoms with Crippen LogP contribution in [0.4, 0.5) is 0 Å². The van der Waals surface area contributed by atoms with Gasteiger partial charge in [-0.15, -0.1) is 0 Å². The first-order chi connectivity index (χ1) is 39.1. The maximum absolute atomic E-state index is 14.5. The number of aryl methyl sites for hydroxylation is 2. The highest BCUT2D eigenvalue weighted by Crippen LogP contribution is 2.37. The zero-order valence-corrected chi connectivity index (χ0v) is 49.7. The van der Waals surface area contributed by atoms with E-state index in [9.17, 15) is 33.6 Å². The van der Waals surface area contributed by atoms with Gasteiger partial charge in [0.15, 0.2) is 0 Å². The summed E-state index contributed by atoms with van der Waals surface area (Å²) in [6.45, 7) is 16.8. The fourth-order valence-corrected chi connectivity index (χ4v) is 11.8. The predicted molar refractivity (Wildman–Crippen MR) is 320 cm³/mol. The van der Waals surface area contributed by atoms with Crippen molar-refractivity contribution in [2.75, 3.05) is 66.5 Å². The van der Waals surface area contributed by atoms with Crippen molar-refractivity contribution < 1.29 is 33.6 Å². The van der Waals surface area contributed by atoms with Crippen LogP contribution in [0.2, 0.25) is 0 Å². The van der Waals surface area contributed by atoms with E-state index in [0.717, 1.165) is 67.3 Å². The Bertz CT molecular complexity index is 2910. The number of rotatable bonds is 16. The van der Waals surface area contributed by atoms with Crippen molar-refractivity contribution in [3.8, 4) is 11.1 Å². The van der Waals surface area contributed by atoms with Crippen molar-refractivity contribution in [2.45, 2.75) is 142 Å². The van der Waals surface area contributed by atoms with E-state index in [1.165, 1.54) is 33.8 Å². The molecule has 6 atom stereocenters. The third kappa shape index (κ3) is 14.8. The fourth-order valence-electron chi connectivity index (χ4n) is 11.8. The molecule has 5 aliphatic rings. The smallest absolute Gasteiger partial charge is 0.253 e. The van der Waals surface area contributed by atoms with Crippen molar-refractivity contribution in [1.82, 2.24) is 51.5 Å². The lowest BCUT2D eigenvalue weighted by atomic mass is 9.85. The van der Waals surface area contributed by atoms with Crippen molar-refractivity contribution >= 4 is 41.9 Å². The summed E-state index contributed by atoms with van der Waals surface area (Å²) >= 11 is 0. The number of hydrogen-bond acceptors (Lipinski definition) is 10. The molecule has 2 aliphatic heterocycles. The van der Waals surface area contributed by atoms with E-state index in [0.29, 0.717) is 41.1 Å². The average Bonchev–Trinajstić information content (AvgIpc) is 4.36. The molecule has 82 heavy (non-hydrogen) atoms. The summed E-state index contributed by atoms with van der Waals surface area (Å²) in [6.07, 6.45) is 8.64. The lowest BCUT2D eigenvalue weighted by Gasteiger charge is -2.44. The maximum atomic E-state index is 14.5. The van der Waals surface area contributed by atoms with Gasteiger partial charge in [-0.1, -0.05) is 114 Å². The molecular formula is C65H88N10O7. The standard InChI is InChI=1S/C54H64N8O7.C11H24N2/c1-54(2,3)48(58-47(64)31-55-4)53(69)62-30-29-60(33-46(62)50(66)57-44-18-10-14-38-12-6-8-16-42(38)44)52(68)40-25-21-36(22-26-40)35-19-23-39(24-20-35)51(67)59-27-28-61(34-63)45(32-59)49(65)56-43-17-9-13-37-11-5-7-15-41(37)43;1-9(10(2,3)4)13-11(6-7-11)8-12-5/h5-8,11-12,15-16,19-26,34,43-46,48,55H,9-10,13-14,17-18,27-33H2,1-4H3,(H,56,65)(H,57,66)(H,58,64);9,12-13H,6-8H2,1-5H3. The van der Waals surface area contributed by atoms with E-state index in [4.69, 9.17) is 0 Å². The minimum atomic E-state index is -1.01. The molecule has 3 aliphatic carbocycles. The molecule has 0 aromatic heterocycles. The second-order valence-corrected chi connectivity index (χ2v) is 25.3. The minimum Gasteiger partial charge on any atom is -0.347 e. The molecule has 17 heteroatoms. The number of nitrogens with one attached hydrogen (secondary N) is 6. The third-order valence-electron chi connectivity index (χ3n) is 17.3. The van der Waals surface area contributed by atoms with Gasteiger partial charge in [0.25, 0.3) is 11.8 Å². The molecule has 4 aromatic rings. The van der Waals surface area contributed by atoms with E-state index in [2.05, 4.69) is 71.7 Å². The Balaban J connectivity index is 0.000000597. The summed E-state index contributed by atoms with van der Waals surface area (Å²) in [5.74, 6) is -1.87. The molecular weight excluding hydrogens is 1030 g/mol. The van der Waals surface area contributed by atoms with Crippen LogP contribution < -0.4 is 31.9 Å². The van der Waals surface area contributed by atoms with Crippen molar-refractivity contribution in [3.05, 3.63) is 130 Å². The molecule has 6 N–H and O–H groups in total. The van der Waals surface area contributed by atoms with Crippen LogP contribution in [-0.2, 0) is 36.8 Å². The van der Waals surface area contributed by atoms with Crippen LogP contribution >= 0.6 is 0 Å². The molecule has 2 saturated heterocycles. The highest BCUT2D eigenvalue weighted by molar-refractivity contribution is 5.98. The second kappa shape index (κ2) is 26.5. The number of piperazine rings is 2. The van der Waals surface area contributed by atoms with Crippen LogP contribution in [-0.4, -0.2) is 158 Å². The van der Waals surface area contributed by atoms with Gasteiger partial charge in [0.2, 0.25) is 30.0 Å². The topological polar surface area (TPSA) is 205 Å². The molecule has 6 unspecified atom stereocenters. The van der Waals surface area contributed by atoms with Gasteiger partial charge < -0.3 is 51.5 Å². The molecule has 3 fully saturated rings. The number of likely N-dealkylation sites (N-methyl/N-ethyl adjacent to an activating group) is 2. The third-order valence-corrected chi connectivity index (χ3v) is 17.3. The average molecular weight is 1120 g/mol. The Morgan fingerprint density at radius 1 is 0.622 bits per heavy atom. The van der Waals surface area contributed by atoms with E-state index in [1.54, 1.807) is 41.1 Å². The fraction of sp³-hybridized carbons (Fsp3) is 0.523. The van der Waals surface area contributed by atoms with E-state index >= 15 is 0 Å². The van der Waals surface area contributed by atoms with Gasteiger partial charge in [-0.2, -0.15) is 0 Å². The summed E-state index contributed by atoms with van der Waals surface area (Å²) in [5.41, 5.74) is 7.16. The Morgan fingerprint density at radius 2 is 1.11 bits per heavy atom. The van der Waals surface area contributed by atoms with Gasteiger partial charge in [0.05, 0.1) is 31.7 Å². The minimum absolute atomic E-state index is 0.0266. The van der Waals surface area contributed by atoms with Crippen molar-refractivity contribution in [1.29, 1.82) is 0 Å². The van der Waals surface area contributed by atoms with Gasteiger partial charge in [-0.05, 0) is 141 Å². The Kier molecular flexibility index (Phi) is 19.8. The second-order valence-electron chi connectivity index (χ2n) is 25.3. The number of fused-ring (bicyclic) bond motifs is 2. The van der Waals surface area contributed by atoms with E-state index in [1.807, 2.05) is 88.5 Å². The van der Waals surface area contributed by atoms with Crippen LogP contribution in [0, 0.1) is 10.8 Å². The summed E-state index contributed by atoms with van der Waals surface area (Å²) in [5, 5.41) is 19.1. The number of nitrogens with zero attached hydrogens (tertiary/aromatic N) is 4. The van der Waals surface area contributed by atoms with Crippen molar-refractivity contribution in [2.24, 2.45) is 10.8 Å². The first-order valence-electron chi connectivity index (χ1n) is 29.6. The summed E-state index contributed by atoms with van der Waals surface area (Å²) in [4.78, 5) is 102.